The van der Waals surface area contributed by atoms with Gasteiger partial charge in [0.1, 0.15) is 5.75 Å². The van der Waals surface area contributed by atoms with Crippen molar-refractivity contribution in [3.05, 3.63) is 29.8 Å². The molecule has 1 aromatic carbocycles. The summed E-state index contributed by atoms with van der Waals surface area (Å²) in [7, 11) is 1.82. The normalized spacial score (nSPS) is 23.6. The Morgan fingerprint density at radius 2 is 2.20 bits per heavy atom. The number of benzene rings is 1. The van der Waals surface area contributed by atoms with E-state index in [9.17, 15) is 9.90 Å². The van der Waals surface area contributed by atoms with Crippen LogP contribution in [0.4, 0.5) is 0 Å². The number of carbonyl (C=O) groups is 1. The Morgan fingerprint density at radius 1 is 1.50 bits per heavy atom. The number of para-hydroxylation sites is 1. The largest absolute Gasteiger partial charge is 0.508 e. The van der Waals surface area contributed by atoms with Crippen LogP contribution in [0.5, 0.6) is 5.75 Å². The van der Waals surface area contributed by atoms with Crippen LogP contribution in [-0.2, 0) is 4.79 Å². The van der Waals surface area contributed by atoms with Gasteiger partial charge in [0.15, 0.2) is 0 Å². The van der Waals surface area contributed by atoms with Gasteiger partial charge in [-0.1, -0.05) is 25.1 Å². The smallest absolute Gasteiger partial charge is 0.243 e. The average molecular weight is 276 g/mol. The molecule has 0 aromatic heterocycles. The summed E-state index contributed by atoms with van der Waals surface area (Å²) in [5.41, 5.74) is 0.362. The van der Waals surface area contributed by atoms with Crippen LogP contribution in [0.1, 0.15) is 44.7 Å². The summed E-state index contributed by atoms with van der Waals surface area (Å²) in [4.78, 5) is 14.6. The highest BCUT2D eigenvalue weighted by Gasteiger charge is 2.42. The second-order valence-electron chi connectivity index (χ2n) is 5.62. The summed E-state index contributed by atoms with van der Waals surface area (Å²) in [6.45, 7) is 4.90. The second-order valence-corrected chi connectivity index (χ2v) is 5.62. The lowest BCUT2D eigenvalue weighted by atomic mass is 9.91. The number of rotatable bonds is 4. The maximum Gasteiger partial charge on any atom is 0.243 e. The lowest BCUT2D eigenvalue weighted by Gasteiger charge is -2.35. The van der Waals surface area contributed by atoms with E-state index < -0.39 is 5.54 Å². The van der Waals surface area contributed by atoms with Crippen LogP contribution >= 0.6 is 0 Å². The molecule has 110 valence electrons. The molecule has 1 aromatic rings. The third kappa shape index (κ3) is 2.52. The van der Waals surface area contributed by atoms with Gasteiger partial charge in [0, 0.05) is 12.6 Å². The standard InChI is InChI=1S/C16H24N2O2/c1-4-16(10-7-11-17-16)15(20)18(3)12(2)13-8-5-6-9-14(13)19/h5-6,8-9,12,17,19H,4,7,10-11H2,1-3H3. The number of amides is 1. The van der Waals surface area contributed by atoms with Crippen molar-refractivity contribution in [3.8, 4) is 5.75 Å². The topological polar surface area (TPSA) is 52.6 Å². The first-order chi connectivity index (χ1) is 9.52. The van der Waals surface area contributed by atoms with Gasteiger partial charge < -0.3 is 15.3 Å². The summed E-state index contributed by atoms with van der Waals surface area (Å²) < 4.78 is 0. The number of nitrogens with zero attached hydrogens (tertiary/aromatic N) is 1. The molecule has 2 N–H and O–H groups in total. The molecule has 1 aliphatic rings. The first kappa shape index (κ1) is 14.9. The fourth-order valence-corrected chi connectivity index (χ4v) is 3.00. The van der Waals surface area contributed by atoms with E-state index >= 15 is 0 Å². The van der Waals surface area contributed by atoms with Gasteiger partial charge in [-0.25, -0.2) is 0 Å². The van der Waals surface area contributed by atoms with E-state index in [0.29, 0.717) is 0 Å². The van der Waals surface area contributed by atoms with E-state index in [1.807, 2.05) is 26.1 Å². The lowest BCUT2D eigenvalue weighted by molar-refractivity contribution is -0.138. The highest BCUT2D eigenvalue weighted by molar-refractivity contribution is 5.87. The number of aromatic hydroxyl groups is 1. The number of phenolic OH excluding ortho intramolecular Hbond substituents is 1. The van der Waals surface area contributed by atoms with Crippen molar-refractivity contribution in [2.45, 2.75) is 44.7 Å². The second kappa shape index (κ2) is 5.83. The molecule has 2 atom stereocenters. The molecular weight excluding hydrogens is 252 g/mol. The van der Waals surface area contributed by atoms with Crippen molar-refractivity contribution >= 4 is 5.91 Å². The summed E-state index contributed by atoms with van der Waals surface area (Å²) in [6.07, 6.45) is 2.72. The third-order valence-electron chi connectivity index (χ3n) is 4.54. The molecule has 1 heterocycles. The average Bonchev–Trinajstić information content (AvgIpc) is 2.95. The highest BCUT2D eigenvalue weighted by Crippen LogP contribution is 2.31. The van der Waals surface area contributed by atoms with Crippen LogP contribution in [0.15, 0.2) is 24.3 Å². The van der Waals surface area contributed by atoms with Gasteiger partial charge in [0.2, 0.25) is 5.91 Å². The Balaban J connectivity index is 2.20. The third-order valence-corrected chi connectivity index (χ3v) is 4.54. The van der Waals surface area contributed by atoms with Crippen LogP contribution in [0, 0.1) is 0 Å². The molecule has 1 saturated heterocycles. The maximum absolute atomic E-state index is 12.8. The van der Waals surface area contributed by atoms with E-state index in [4.69, 9.17) is 0 Å². The quantitative estimate of drug-likeness (QED) is 0.888. The molecule has 0 saturated carbocycles. The predicted octanol–water partition coefficient (Wildman–Crippen LogP) is 2.44. The molecule has 1 amide bonds. The SMILES string of the molecule is CCC1(C(=O)N(C)C(C)c2ccccc2O)CCCN1. The number of hydrogen-bond acceptors (Lipinski definition) is 3. The first-order valence-corrected chi connectivity index (χ1v) is 7.32. The molecule has 0 aliphatic carbocycles. The molecule has 20 heavy (non-hydrogen) atoms. The number of nitrogens with one attached hydrogen (secondary N) is 1. The maximum atomic E-state index is 12.8. The molecule has 4 heteroatoms. The Labute approximate surface area is 120 Å². The molecule has 1 aliphatic heterocycles. The number of carbonyl (C=O) groups excluding carboxylic acids is 1. The van der Waals surface area contributed by atoms with Crippen molar-refractivity contribution in [2.24, 2.45) is 0 Å². The molecular formula is C16H24N2O2. The lowest BCUT2D eigenvalue weighted by Crippen LogP contribution is -2.53. The van der Waals surface area contributed by atoms with E-state index in [1.54, 1.807) is 17.0 Å². The van der Waals surface area contributed by atoms with Crippen LogP contribution in [0.25, 0.3) is 0 Å². The minimum Gasteiger partial charge on any atom is -0.508 e. The monoisotopic (exact) mass is 276 g/mol. The van der Waals surface area contributed by atoms with E-state index in [2.05, 4.69) is 12.2 Å². The summed E-state index contributed by atoms with van der Waals surface area (Å²) in [5, 5.41) is 13.3. The number of hydrogen-bond donors (Lipinski definition) is 2. The van der Waals surface area contributed by atoms with Gasteiger partial charge in [0.05, 0.1) is 11.6 Å². The summed E-state index contributed by atoms with van der Waals surface area (Å²) >= 11 is 0. The zero-order valence-electron chi connectivity index (χ0n) is 12.5. The highest BCUT2D eigenvalue weighted by atomic mass is 16.3. The minimum atomic E-state index is -0.423. The minimum absolute atomic E-state index is 0.119. The van der Waals surface area contributed by atoms with Crippen molar-refractivity contribution in [2.75, 3.05) is 13.6 Å². The molecule has 1 fully saturated rings. The van der Waals surface area contributed by atoms with E-state index in [-0.39, 0.29) is 17.7 Å². The van der Waals surface area contributed by atoms with E-state index in [0.717, 1.165) is 31.4 Å². The fraction of sp³-hybridized carbons (Fsp3) is 0.562. The van der Waals surface area contributed by atoms with Crippen molar-refractivity contribution in [1.29, 1.82) is 0 Å². The molecule has 2 unspecified atom stereocenters. The number of likely N-dealkylation sites (N-methyl/N-ethyl adjacent to an activating group) is 1. The van der Waals surface area contributed by atoms with Gasteiger partial charge in [-0.15, -0.1) is 0 Å². The van der Waals surface area contributed by atoms with Gasteiger partial charge in [-0.3, -0.25) is 4.79 Å². The Bertz CT molecular complexity index is 481. The Hall–Kier alpha value is -1.55. The first-order valence-electron chi connectivity index (χ1n) is 7.32. The molecule has 2 rings (SSSR count). The zero-order chi connectivity index (χ0) is 14.8. The van der Waals surface area contributed by atoms with Crippen LogP contribution in [-0.4, -0.2) is 35.0 Å². The van der Waals surface area contributed by atoms with Crippen molar-refractivity contribution in [3.63, 3.8) is 0 Å². The molecule has 4 nitrogen and oxygen atoms in total. The van der Waals surface area contributed by atoms with E-state index in [1.165, 1.54) is 0 Å². The summed E-state index contributed by atoms with van der Waals surface area (Å²) in [5.74, 6) is 0.359. The van der Waals surface area contributed by atoms with Crippen molar-refractivity contribution in [1.82, 2.24) is 10.2 Å². The fourth-order valence-electron chi connectivity index (χ4n) is 3.00. The van der Waals surface area contributed by atoms with Crippen LogP contribution in [0.2, 0.25) is 0 Å². The van der Waals surface area contributed by atoms with Crippen LogP contribution < -0.4 is 5.32 Å². The Kier molecular flexibility index (Phi) is 4.33. The predicted molar refractivity (Wildman–Crippen MR) is 79.6 cm³/mol. The molecule has 0 bridgehead atoms. The van der Waals surface area contributed by atoms with Gasteiger partial charge in [0.25, 0.3) is 0 Å². The number of phenols is 1. The zero-order valence-corrected chi connectivity index (χ0v) is 12.5. The van der Waals surface area contributed by atoms with Gasteiger partial charge in [-0.2, -0.15) is 0 Å². The Morgan fingerprint density at radius 3 is 2.75 bits per heavy atom. The molecule has 0 spiro atoms. The van der Waals surface area contributed by atoms with Crippen LogP contribution in [0.3, 0.4) is 0 Å². The van der Waals surface area contributed by atoms with Crippen molar-refractivity contribution < 1.29 is 9.90 Å². The molecule has 0 radical (unpaired) electrons. The van der Waals surface area contributed by atoms with Gasteiger partial charge >= 0.3 is 0 Å². The summed E-state index contributed by atoms with van der Waals surface area (Å²) in [6, 6.07) is 7.06. The van der Waals surface area contributed by atoms with Gasteiger partial charge in [-0.05, 0) is 38.8 Å².